The predicted molar refractivity (Wildman–Crippen MR) is 74.5 cm³/mol. The molecule has 19 heavy (non-hydrogen) atoms. The highest BCUT2D eigenvalue weighted by atomic mass is 32.2. The van der Waals surface area contributed by atoms with Crippen LogP contribution in [0.3, 0.4) is 0 Å². The summed E-state index contributed by atoms with van der Waals surface area (Å²) in [6, 6.07) is 8.63. The molecular weight excluding hydrogens is 261 g/mol. The SMILES string of the molecule is Nc1cc(F)c(Sc2ccncc2)c2ncccc12. The zero-order valence-electron chi connectivity index (χ0n) is 9.88. The molecule has 3 aromatic rings. The molecule has 0 aliphatic heterocycles. The highest BCUT2D eigenvalue weighted by Gasteiger charge is 2.13. The van der Waals surface area contributed by atoms with Gasteiger partial charge in [0, 0.05) is 34.6 Å². The van der Waals surface area contributed by atoms with Crippen LogP contribution >= 0.6 is 11.8 Å². The average molecular weight is 271 g/mol. The molecule has 3 rings (SSSR count). The van der Waals surface area contributed by atoms with E-state index in [1.54, 1.807) is 24.7 Å². The number of pyridine rings is 2. The Morgan fingerprint density at radius 3 is 2.68 bits per heavy atom. The molecule has 2 aromatic heterocycles. The summed E-state index contributed by atoms with van der Waals surface area (Å²) in [6.45, 7) is 0. The fourth-order valence-corrected chi connectivity index (χ4v) is 2.74. The lowest BCUT2D eigenvalue weighted by Gasteiger charge is -2.09. The lowest BCUT2D eigenvalue weighted by Crippen LogP contribution is -1.94. The number of hydrogen-bond donors (Lipinski definition) is 1. The third-order valence-electron chi connectivity index (χ3n) is 2.70. The molecule has 0 saturated carbocycles. The van der Waals surface area contributed by atoms with Crippen molar-refractivity contribution < 1.29 is 4.39 Å². The van der Waals surface area contributed by atoms with Crippen LogP contribution in [0.15, 0.2) is 58.7 Å². The molecule has 0 aliphatic carbocycles. The van der Waals surface area contributed by atoms with E-state index >= 15 is 0 Å². The van der Waals surface area contributed by atoms with Gasteiger partial charge < -0.3 is 5.73 Å². The van der Waals surface area contributed by atoms with Gasteiger partial charge in [-0.3, -0.25) is 9.97 Å². The molecule has 1 aromatic carbocycles. The molecule has 0 amide bonds. The van der Waals surface area contributed by atoms with Gasteiger partial charge >= 0.3 is 0 Å². The fraction of sp³-hybridized carbons (Fsp3) is 0. The zero-order chi connectivity index (χ0) is 13.2. The van der Waals surface area contributed by atoms with Gasteiger partial charge in [-0.05, 0) is 30.3 Å². The maximum absolute atomic E-state index is 14.1. The molecule has 0 atom stereocenters. The average Bonchev–Trinajstić information content (AvgIpc) is 2.45. The molecule has 5 heteroatoms. The van der Waals surface area contributed by atoms with Crippen LogP contribution in [0.25, 0.3) is 10.9 Å². The first-order valence-electron chi connectivity index (χ1n) is 5.66. The third-order valence-corrected chi connectivity index (χ3v) is 3.80. The normalized spacial score (nSPS) is 10.8. The minimum atomic E-state index is -0.356. The fourth-order valence-electron chi connectivity index (χ4n) is 1.83. The van der Waals surface area contributed by atoms with Crippen molar-refractivity contribution in [1.29, 1.82) is 0 Å². The van der Waals surface area contributed by atoms with Crippen molar-refractivity contribution in [3.63, 3.8) is 0 Å². The van der Waals surface area contributed by atoms with Gasteiger partial charge in [-0.2, -0.15) is 0 Å². The number of benzene rings is 1. The van der Waals surface area contributed by atoms with E-state index in [2.05, 4.69) is 9.97 Å². The van der Waals surface area contributed by atoms with E-state index in [9.17, 15) is 4.39 Å². The van der Waals surface area contributed by atoms with E-state index in [-0.39, 0.29) is 5.82 Å². The molecule has 0 radical (unpaired) electrons. The van der Waals surface area contributed by atoms with Crippen molar-refractivity contribution in [3.8, 4) is 0 Å². The number of nitrogens with zero attached hydrogens (tertiary/aromatic N) is 2. The Morgan fingerprint density at radius 1 is 1.11 bits per heavy atom. The Kier molecular flexibility index (Phi) is 3.05. The van der Waals surface area contributed by atoms with Crippen LogP contribution in [0.1, 0.15) is 0 Å². The maximum Gasteiger partial charge on any atom is 0.141 e. The van der Waals surface area contributed by atoms with Crippen molar-refractivity contribution >= 4 is 28.4 Å². The standard InChI is InChI=1S/C14H10FN3S/c15-11-8-12(16)10-2-1-5-18-13(10)14(11)19-9-3-6-17-7-4-9/h1-8H,16H2. The molecular formula is C14H10FN3S. The van der Waals surface area contributed by atoms with Crippen LogP contribution in [0, 0.1) is 5.82 Å². The van der Waals surface area contributed by atoms with Crippen LogP contribution in [0.4, 0.5) is 10.1 Å². The van der Waals surface area contributed by atoms with Gasteiger partial charge in [0.2, 0.25) is 0 Å². The van der Waals surface area contributed by atoms with Crippen molar-refractivity contribution in [1.82, 2.24) is 9.97 Å². The largest absolute Gasteiger partial charge is 0.398 e. The summed E-state index contributed by atoms with van der Waals surface area (Å²) in [5.74, 6) is -0.356. The van der Waals surface area contributed by atoms with Gasteiger partial charge in [-0.1, -0.05) is 11.8 Å². The zero-order valence-corrected chi connectivity index (χ0v) is 10.7. The molecule has 3 nitrogen and oxygen atoms in total. The van der Waals surface area contributed by atoms with Gasteiger partial charge in [0.25, 0.3) is 0 Å². The lowest BCUT2D eigenvalue weighted by molar-refractivity contribution is 0.605. The molecule has 94 valence electrons. The number of hydrogen-bond acceptors (Lipinski definition) is 4. The molecule has 0 spiro atoms. The molecule has 2 heterocycles. The Balaban J connectivity index is 2.18. The van der Waals surface area contributed by atoms with E-state index in [1.807, 2.05) is 18.2 Å². The first kappa shape index (κ1) is 11.9. The van der Waals surface area contributed by atoms with E-state index in [1.165, 1.54) is 17.8 Å². The van der Waals surface area contributed by atoms with Crippen molar-refractivity contribution in [2.75, 3.05) is 5.73 Å². The highest BCUT2D eigenvalue weighted by Crippen LogP contribution is 2.36. The monoisotopic (exact) mass is 271 g/mol. The quantitative estimate of drug-likeness (QED) is 0.725. The Hall–Kier alpha value is -2.14. The Labute approximate surface area is 113 Å². The summed E-state index contributed by atoms with van der Waals surface area (Å²) in [4.78, 5) is 9.58. The Bertz CT molecular complexity index is 731. The van der Waals surface area contributed by atoms with Crippen LogP contribution in [-0.2, 0) is 0 Å². The third kappa shape index (κ3) is 2.24. The van der Waals surface area contributed by atoms with Crippen LogP contribution < -0.4 is 5.73 Å². The molecule has 0 fully saturated rings. The van der Waals surface area contributed by atoms with E-state index in [0.717, 1.165) is 10.3 Å². The smallest absolute Gasteiger partial charge is 0.141 e. The molecule has 0 aliphatic rings. The summed E-state index contributed by atoms with van der Waals surface area (Å²) in [7, 11) is 0. The number of nitrogen functional groups attached to an aromatic ring is 1. The summed E-state index contributed by atoms with van der Waals surface area (Å²) < 4.78 is 14.1. The van der Waals surface area contributed by atoms with E-state index in [4.69, 9.17) is 5.73 Å². The second-order valence-electron chi connectivity index (χ2n) is 3.96. The predicted octanol–water partition coefficient (Wildman–Crippen LogP) is 3.50. The van der Waals surface area contributed by atoms with Gasteiger partial charge in [-0.25, -0.2) is 4.39 Å². The van der Waals surface area contributed by atoms with E-state index in [0.29, 0.717) is 16.1 Å². The second-order valence-corrected chi connectivity index (χ2v) is 5.05. The second kappa shape index (κ2) is 4.85. The number of anilines is 1. The van der Waals surface area contributed by atoms with Crippen molar-refractivity contribution in [2.45, 2.75) is 9.79 Å². The van der Waals surface area contributed by atoms with E-state index < -0.39 is 0 Å². The minimum absolute atomic E-state index is 0.356. The number of halogens is 1. The van der Waals surface area contributed by atoms with Gasteiger partial charge in [0.1, 0.15) is 5.82 Å². The van der Waals surface area contributed by atoms with Gasteiger partial charge in [-0.15, -0.1) is 0 Å². The van der Waals surface area contributed by atoms with Crippen LogP contribution in [0.5, 0.6) is 0 Å². The molecule has 0 bridgehead atoms. The summed E-state index contributed by atoms with van der Waals surface area (Å²) in [6.07, 6.45) is 4.98. The first-order chi connectivity index (χ1) is 9.25. The number of fused-ring (bicyclic) bond motifs is 1. The molecule has 0 saturated heterocycles. The van der Waals surface area contributed by atoms with Gasteiger partial charge in [0.05, 0.1) is 10.4 Å². The van der Waals surface area contributed by atoms with Crippen molar-refractivity contribution in [3.05, 3.63) is 54.7 Å². The first-order valence-corrected chi connectivity index (χ1v) is 6.48. The Morgan fingerprint density at radius 2 is 1.89 bits per heavy atom. The summed E-state index contributed by atoms with van der Waals surface area (Å²) >= 11 is 1.32. The molecule has 0 unspecified atom stereocenters. The number of rotatable bonds is 2. The maximum atomic E-state index is 14.1. The van der Waals surface area contributed by atoms with Crippen LogP contribution in [-0.4, -0.2) is 9.97 Å². The molecule has 2 N–H and O–H groups in total. The topological polar surface area (TPSA) is 51.8 Å². The summed E-state index contributed by atoms with van der Waals surface area (Å²) in [5.41, 5.74) is 6.81. The van der Waals surface area contributed by atoms with Crippen LogP contribution in [0.2, 0.25) is 0 Å². The lowest BCUT2D eigenvalue weighted by atomic mass is 10.2. The number of aromatic nitrogens is 2. The highest BCUT2D eigenvalue weighted by molar-refractivity contribution is 7.99. The van der Waals surface area contributed by atoms with Crippen molar-refractivity contribution in [2.24, 2.45) is 0 Å². The number of nitrogens with two attached hydrogens (primary N) is 1. The van der Waals surface area contributed by atoms with Gasteiger partial charge in [0.15, 0.2) is 0 Å². The summed E-state index contributed by atoms with van der Waals surface area (Å²) in [5, 5.41) is 0.764. The minimum Gasteiger partial charge on any atom is -0.398 e.